The maximum Gasteiger partial charge on any atom is 0.0159 e. The minimum Gasteiger partial charge on any atom is -0.0616 e. The van der Waals surface area contributed by atoms with Gasteiger partial charge in [0.1, 0.15) is 0 Å². The van der Waals surface area contributed by atoms with Gasteiger partial charge in [0.2, 0.25) is 0 Å². The van der Waals surface area contributed by atoms with Gasteiger partial charge < -0.3 is 0 Å². The Hall–Kier alpha value is -2.86. The molecule has 0 nitrogen and oxygen atoms in total. The molecule has 0 unspecified atom stereocenters. The summed E-state index contributed by atoms with van der Waals surface area (Å²) < 4.78 is 0. The van der Waals surface area contributed by atoms with E-state index in [1.54, 1.807) is 0 Å². The third-order valence-electron chi connectivity index (χ3n) is 7.84. The summed E-state index contributed by atoms with van der Waals surface area (Å²) >= 11 is 0. The zero-order chi connectivity index (χ0) is 21.0. The molecule has 2 aliphatic rings. The van der Waals surface area contributed by atoms with E-state index in [1.165, 1.54) is 66.4 Å². The highest BCUT2D eigenvalue weighted by Crippen LogP contribution is 2.57. The average Bonchev–Trinajstić information content (AvgIpc) is 3.06. The second-order valence-corrected chi connectivity index (χ2v) is 10.4. The molecule has 0 saturated carbocycles. The Morgan fingerprint density at radius 2 is 1.13 bits per heavy atom. The van der Waals surface area contributed by atoms with Crippen LogP contribution >= 0.6 is 0 Å². The standard InChI is InChI=1S/C30H28/c1-17-11-12-20-22-15-26-23(16-25(22)29(3,4)24(20)13-17)28-21-10-8-7-9-19(21)18(2)14-27(28)30(26,5)6/h7-16H,1-6H3. The van der Waals surface area contributed by atoms with Gasteiger partial charge in [-0.2, -0.15) is 0 Å². The van der Waals surface area contributed by atoms with Crippen LogP contribution in [0.5, 0.6) is 0 Å². The van der Waals surface area contributed by atoms with Gasteiger partial charge in [-0.1, -0.05) is 81.8 Å². The number of hydrogen-bond acceptors (Lipinski definition) is 0. The number of aryl methyl sites for hydroxylation is 2. The Labute approximate surface area is 179 Å². The van der Waals surface area contributed by atoms with Crippen LogP contribution in [0.3, 0.4) is 0 Å². The number of fused-ring (bicyclic) bond motifs is 8. The molecule has 6 rings (SSSR count). The summed E-state index contributed by atoms with van der Waals surface area (Å²) in [6.45, 7) is 14.0. The van der Waals surface area contributed by atoms with Crippen LogP contribution in [0.15, 0.2) is 60.7 Å². The molecule has 4 aromatic carbocycles. The Bertz CT molecular complexity index is 1400. The van der Waals surface area contributed by atoms with Crippen molar-refractivity contribution in [2.24, 2.45) is 0 Å². The fourth-order valence-electron chi connectivity index (χ4n) is 6.10. The molecule has 0 radical (unpaired) electrons. The van der Waals surface area contributed by atoms with Gasteiger partial charge in [-0.3, -0.25) is 0 Å². The fraction of sp³-hybridized carbons (Fsp3) is 0.267. The SMILES string of the molecule is Cc1ccc2c(c1)C(C)(C)c1cc3c(cc1-2)C(C)(C)c1cc(C)c2ccccc2c1-3. The first-order chi connectivity index (χ1) is 14.2. The molecule has 0 heterocycles. The predicted molar refractivity (Wildman–Crippen MR) is 129 cm³/mol. The first kappa shape index (κ1) is 18.0. The third-order valence-corrected chi connectivity index (χ3v) is 7.84. The van der Waals surface area contributed by atoms with Gasteiger partial charge in [0, 0.05) is 10.8 Å². The van der Waals surface area contributed by atoms with Gasteiger partial charge in [-0.15, -0.1) is 0 Å². The van der Waals surface area contributed by atoms with E-state index in [0.717, 1.165) is 0 Å². The zero-order valence-corrected chi connectivity index (χ0v) is 18.8. The molecule has 0 spiro atoms. The smallest absolute Gasteiger partial charge is 0.0159 e. The lowest BCUT2D eigenvalue weighted by Gasteiger charge is -2.24. The van der Waals surface area contributed by atoms with E-state index in [-0.39, 0.29) is 10.8 Å². The molecular weight excluding hydrogens is 360 g/mol. The Kier molecular flexibility index (Phi) is 3.25. The molecule has 0 bridgehead atoms. The molecule has 0 N–H and O–H groups in total. The summed E-state index contributed by atoms with van der Waals surface area (Å²) in [6.07, 6.45) is 0. The van der Waals surface area contributed by atoms with Gasteiger partial charge in [0.25, 0.3) is 0 Å². The average molecular weight is 389 g/mol. The minimum absolute atomic E-state index is 0.00603. The van der Waals surface area contributed by atoms with Crippen LogP contribution in [0.1, 0.15) is 61.1 Å². The molecule has 30 heavy (non-hydrogen) atoms. The number of rotatable bonds is 0. The summed E-state index contributed by atoms with van der Waals surface area (Å²) in [4.78, 5) is 0. The predicted octanol–water partition coefficient (Wildman–Crippen LogP) is 8.07. The number of hydrogen-bond donors (Lipinski definition) is 0. The van der Waals surface area contributed by atoms with Crippen molar-refractivity contribution in [3.05, 3.63) is 94.0 Å². The highest BCUT2D eigenvalue weighted by atomic mass is 14.4. The summed E-state index contributed by atoms with van der Waals surface area (Å²) in [5, 5.41) is 2.77. The first-order valence-electron chi connectivity index (χ1n) is 11.0. The van der Waals surface area contributed by atoms with Gasteiger partial charge in [0.15, 0.2) is 0 Å². The van der Waals surface area contributed by atoms with Crippen LogP contribution in [0, 0.1) is 13.8 Å². The molecule has 0 amide bonds. The second-order valence-electron chi connectivity index (χ2n) is 10.4. The fourth-order valence-corrected chi connectivity index (χ4v) is 6.10. The van der Waals surface area contributed by atoms with Crippen molar-refractivity contribution in [2.75, 3.05) is 0 Å². The molecule has 0 atom stereocenters. The monoisotopic (exact) mass is 388 g/mol. The first-order valence-corrected chi connectivity index (χ1v) is 11.0. The third kappa shape index (κ3) is 2.02. The van der Waals surface area contributed by atoms with Crippen molar-refractivity contribution < 1.29 is 0 Å². The van der Waals surface area contributed by atoms with Crippen LogP contribution in [0.4, 0.5) is 0 Å². The topological polar surface area (TPSA) is 0 Å². The molecule has 4 aromatic rings. The molecule has 0 heteroatoms. The van der Waals surface area contributed by atoms with E-state index in [1.807, 2.05) is 0 Å². The van der Waals surface area contributed by atoms with Crippen molar-refractivity contribution >= 4 is 10.8 Å². The molecule has 0 fully saturated rings. The Morgan fingerprint density at radius 3 is 1.90 bits per heavy atom. The minimum atomic E-state index is 0.00603. The molecule has 0 saturated heterocycles. The van der Waals surface area contributed by atoms with Crippen LogP contribution in [-0.4, -0.2) is 0 Å². The van der Waals surface area contributed by atoms with Crippen LogP contribution in [0.25, 0.3) is 33.0 Å². The lowest BCUT2D eigenvalue weighted by atomic mass is 9.79. The van der Waals surface area contributed by atoms with Crippen LogP contribution in [0.2, 0.25) is 0 Å². The lowest BCUT2D eigenvalue weighted by molar-refractivity contribution is 0.651. The maximum atomic E-state index is 2.52. The van der Waals surface area contributed by atoms with Crippen molar-refractivity contribution in [3.63, 3.8) is 0 Å². The molecule has 2 aliphatic carbocycles. The van der Waals surface area contributed by atoms with Crippen molar-refractivity contribution in [2.45, 2.75) is 52.4 Å². The van der Waals surface area contributed by atoms with E-state index in [2.05, 4.69) is 102 Å². The quantitative estimate of drug-likeness (QED) is 0.286. The molecule has 0 aromatic heterocycles. The van der Waals surface area contributed by atoms with E-state index < -0.39 is 0 Å². The summed E-state index contributed by atoms with van der Waals surface area (Å²) in [6, 6.07) is 23.4. The van der Waals surface area contributed by atoms with Gasteiger partial charge in [0.05, 0.1) is 0 Å². The van der Waals surface area contributed by atoms with Crippen molar-refractivity contribution in [3.8, 4) is 22.3 Å². The highest BCUT2D eigenvalue weighted by Gasteiger charge is 2.42. The van der Waals surface area contributed by atoms with E-state index in [0.29, 0.717) is 0 Å². The van der Waals surface area contributed by atoms with E-state index >= 15 is 0 Å². The number of benzene rings is 4. The van der Waals surface area contributed by atoms with Crippen LogP contribution in [-0.2, 0) is 10.8 Å². The van der Waals surface area contributed by atoms with E-state index in [4.69, 9.17) is 0 Å². The van der Waals surface area contributed by atoms with Gasteiger partial charge >= 0.3 is 0 Å². The maximum absolute atomic E-state index is 2.52. The summed E-state index contributed by atoms with van der Waals surface area (Å²) in [5.74, 6) is 0. The summed E-state index contributed by atoms with van der Waals surface area (Å²) in [7, 11) is 0. The van der Waals surface area contributed by atoms with Crippen LogP contribution < -0.4 is 0 Å². The lowest BCUT2D eigenvalue weighted by Crippen LogP contribution is -2.17. The summed E-state index contributed by atoms with van der Waals surface area (Å²) in [5.41, 5.74) is 14.3. The second kappa shape index (κ2) is 5.43. The Morgan fingerprint density at radius 1 is 0.533 bits per heavy atom. The normalized spacial score (nSPS) is 16.9. The molecule has 148 valence electrons. The van der Waals surface area contributed by atoms with Gasteiger partial charge in [-0.05, 0) is 86.8 Å². The Balaban J connectivity index is 1.73. The highest BCUT2D eigenvalue weighted by molar-refractivity contribution is 6.05. The largest absolute Gasteiger partial charge is 0.0616 e. The molecule has 0 aliphatic heterocycles. The van der Waals surface area contributed by atoms with Crippen molar-refractivity contribution in [1.82, 2.24) is 0 Å². The van der Waals surface area contributed by atoms with E-state index in [9.17, 15) is 0 Å². The molecular formula is C30H28. The van der Waals surface area contributed by atoms with Crippen molar-refractivity contribution in [1.29, 1.82) is 0 Å². The zero-order valence-electron chi connectivity index (χ0n) is 18.8. The van der Waals surface area contributed by atoms with Gasteiger partial charge in [-0.25, -0.2) is 0 Å².